The van der Waals surface area contributed by atoms with Crippen LogP contribution in [0.15, 0.2) is 0 Å². The molecule has 1 aliphatic rings. The number of nitrogens with zero attached hydrogens (tertiary/aromatic N) is 2. The lowest BCUT2D eigenvalue weighted by atomic mass is 10.3. The second-order valence-corrected chi connectivity index (χ2v) is 4.16. The van der Waals surface area contributed by atoms with Gasteiger partial charge in [0.15, 0.2) is 0 Å². The minimum atomic E-state index is 0.112. The molecule has 1 heterocycles. The third-order valence-corrected chi connectivity index (χ3v) is 3.10. The van der Waals surface area contributed by atoms with Gasteiger partial charge in [-0.15, -0.1) is 0 Å². The molecule has 0 N–H and O–H groups in total. The molecule has 0 aliphatic carbocycles. The fraction of sp³-hybridized carbons (Fsp3) is 0.800. The van der Waals surface area contributed by atoms with Gasteiger partial charge in [0, 0.05) is 32.6 Å². The van der Waals surface area contributed by atoms with E-state index >= 15 is 0 Å². The zero-order valence-corrected chi connectivity index (χ0v) is 10.6. The summed E-state index contributed by atoms with van der Waals surface area (Å²) in [5.41, 5.74) is 0. The molecule has 15 heavy (non-hydrogen) atoms. The zero-order valence-electron chi connectivity index (χ0n) is 9.04. The summed E-state index contributed by atoms with van der Waals surface area (Å²) in [5, 5.41) is 0.370. The lowest BCUT2D eigenvalue weighted by Crippen LogP contribution is -2.37. The molecule has 1 fully saturated rings. The first-order chi connectivity index (χ1) is 7.19. The van der Waals surface area contributed by atoms with Crippen molar-refractivity contribution in [2.24, 2.45) is 0 Å². The Labute approximate surface area is 98.7 Å². The minimum Gasteiger partial charge on any atom is -0.341 e. The highest BCUT2D eigenvalue weighted by Crippen LogP contribution is 2.05. The van der Waals surface area contributed by atoms with Crippen LogP contribution in [-0.2, 0) is 9.59 Å². The van der Waals surface area contributed by atoms with Crippen LogP contribution in [0.5, 0.6) is 0 Å². The average Bonchev–Trinajstić information content (AvgIpc) is 2.52. The third kappa shape index (κ3) is 3.48. The lowest BCUT2D eigenvalue weighted by molar-refractivity contribution is -0.132. The molecule has 0 radical (unpaired) electrons. The Morgan fingerprint density at radius 3 is 2.07 bits per heavy atom. The van der Waals surface area contributed by atoms with E-state index in [1.54, 1.807) is 0 Å². The van der Waals surface area contributed by atoms with Crippen LogP contribution in [0.25, 0.3) is 0 Å². The molecule has 2 amide bonds. The van der Waals surface area contributed by atoms with E-state index in [4.69, 9.17) is 0 Å². The zero-order chi connectivity index (χ0) is 11.3. The van der Waals surface area contributed by atoms with Gasteiger partial charge in [-0.05, 0) is 6.42 Å². The fourth-order valence-electron chi connectivity index (χ4n) is 1.72. The maximum atomic E-state index is 11.5. The van der Waals surface area contributed by atoms with E-state index < -0.39 is 0 Å². The normalized spacial score (nSPS) is 17.5. The number of hydrogen-bond donors (Lipinski definition) is 0. The number of amides is 2. The first-order valence-corrected chi connectivity index (χ1v) is 6.42. The molecule has 1 rings (SSSR count). The van der Waals surface area contributed by atoms with Crippen LogP contribution in [0, 0.1) is 0 Å². The van der Waals surface area contributed by atoms with E-state index in [9.17, 15) is 9.59 Å². The van der Waals surface area contributed by atoms with Gasteiger partial charge in [-0.1, -0.05) is 22.9 Å². The Balaban J connectivity index is 2.48. The van der Waals surface area contributed by atoms with Crippen molar-refractivity contribution in [2.45, 2.75) is 19.8 Å². The van der Waals surface area contributed by atoms with Gasteiger partial charge in [-0.25, -0.2) is 0 Å². The quantitative estimate of drug-likeness (QED) is 0.702. The summed E-state index contributed by atoms with van der Waals surface area (Å²) in [4.78, 5) is 26.6. The molecule has 5 heteroatoms. The summed E-state index contributed by atoms with van der Waals surface area (Å²) in [6.45, 7) is 4.74. The van der Waals surface area contributed by atoms with E-state index in [-0.39, 0.29) is 11.8 Å². The van der Waals surface area contributed by atoms with Crippen molar-refractivity contribution in [3.05, 3.63) is 0 Å². The van der Waals surface area contributed by atoms with Crippen molar-refractivity contribution < 1.29 is 9.59 Å². The SMILES string of the molecule is CCC(=O)N1CCCN(C(=O)CBr)CC1. The Kier molecular flexibility index (Phi) is 5.08. The Hall–Kier alpha value is -0.580. The van der Waals surface area contributed by atoms with Gasteiger partial charge >= 0.3 is 0 Å². The topological polar surface area (TPSA) is 40.6 Å². The number of carbonyl (C=O) groups is 2. The van der Waals surface area contributed by atoms with Crippen molar-refractivity contribution in [3.8, 4) is 0 Å². The molecule has 0 atom stereocenters. The molecule has 86 valence electrons. The first kappa shape index (κ1) is 12.5. The number of rotatable bonds is 2. The molecule has 1 saturated heterocycles. The van der Waals surface area contributed by atoms with Crippen molar-refractivity contribution in [3.63, 3.8) is 0 Å². The number of halogens is 1. The molecule has 0 aromatic rings. The second-order valence-electron chi connectivity index (χ2n) is 3.60. The molecule has 1 aliphatic heterocycles. The Bertz CT molecular complexity index is 222. The van der Waals surface area contributed by atoms with Gasteiger partial charge in [0.2, 0.25) is 11.8 Å². The molecule has 0 aromatic carbocycles. The number of alkyl halides is 1. The van der Waals surface area contributed by atoms with E-state index in [1.165, 1.54) is 0 Å². The van der Waals surface area contributed by atoms with E-state index in [1.807, 2.05) is 16.7 Å². The van der Waals surface area contributed by atoms with Gasteiger partial charge in [0.1, 0.15) is 0 Å². The standard InChI is InChI=1S/C10H17BrN2O2/c1-2-9(14)12-4-3-5-13(7-6-12)10(15)8-11/h2-8H2,1H3. The van der Waals surface area contributed by atoms with Crippen LogP contribution < -0.4 is 0 Å². The largest absolute Gasteiger partial charge is 0.341 e. The molecular weight excluding hydrogens is 260 g/mol. The highest BCUT2D eigenvalue weighted by molar-refractivity contribution is 9.09. The highest BCUT2D eigenvalue weighted by Gasteiger charge is 2.20. The maximum Gasteiger partial charge on any atom is 0.233 e. The molecule has 0 spiro atoms. The van der Waals surface area contributed by atoms with Crippen molar-refractivity contribution >= 4 is 27.7 Å². The van der Waals surface area contributed by atoms with Crippen LogP contribution >= 0.6 is 15.9 Å². The monoisotopic (exact) mass is 276 g/mol. The number of hydrogen-bond acceptors (Lipinski definition) is 2. The van der Waals surface area contributed by atoms with E-state index in [2.05, 4.69) is 15.9 Å². The summed E-state index contributed by atoms with van der Waals surface area (Å²) in [5.74, 6) is 0.295. The molecule has 0 saturated carbocycles. The average molecular weight is 277 g/mol. The maximum absolute atomic E-state index is 11.5. The lowest BCUT2D eigenvalue weighted by Gasteiger charge is -2.21. The van der Waals surface area contributed by atoms with Crippen LogP contribution in [0.2, 0.25) is 0 Å². The van der Waals surface area contributed by atoms with Crippen LogP contribution in [0.3, 0.4) is 0 Å². The summed E-state index contributed by atoms with van der Waals surface area (Å²) >= 11 is 3.16. The molecule has 4 nitrogen and oxygen atoms in total. The molecule has 0 aromatic heterocycles. The number of carbonyl (C=O) groups excluding carboxylic acids is 2. The Morgan fingerprint density at radius 1 is 1.07 bits per heavy atom. The second kappa shape index (κ2) is 6.10. The summed E-state index contributed by atoms with van der Waals surface area (Å²) in [6, 6.07) is 0. The highest BCUT2D eigenvalue weighted by atomic mass is 79.9. The van der Waals surface area contributed by atoms with E-state index in [0.29, 0.717) is 24.8 Å². The summed E-state index contributed by atoms with van der Waals surface area (Å²) in [7, 11) is 0. The van der Waals surface area contributed by atoms with Gasteiger partial charge in [-0.3, -0.25) is 9.59 Å². The fourth-order valence-corrected chi connectivity index (χ4v) is 2.08. The van der Waals surface area contributed by atoms with Crippen molar-refractivity contribution in [1.29, 1.82) is 0 Å². The predicted octanol–water partition coefficient (Wildman–Crippen LogP) is 0.852. The molecule has 0 unspecified atom stereocenters. The van der Waals surface area contributed by atoms with Gasteiger partial charge in [-0.2, -0.15) is 0 Å². The third-order valence-electron chi connectivity index (χ3n) is 2.62. The first-order valence-electron chi connectivity index (χ1n) is 5.30. The van der Waals surface area contributed by atoms with Crippen LogP contribution in [0.4, 0.5) is 0 Å². The molecular formula is C10H17BrN2O2. The summed E-state index contributed by atoms with van der Waals surface area (Å²) < 4.78 is 0. The minimum absolute atomic E-state index is 0.112. The smallest absolute Gasteiger partial charge is 0.233 e. The summed E-state index contributed by atoms with van der Waals surface area (Å²) in [6.07, 6.45) is 1.43. The van der Waals surface area contributed by atoms with Crippen molar-refractivity contribution in [2.75, 3.05) is 31.5 Å². The van der Waals surface area contributed by atoms with E-state index in [0.717, 1.165) is 19.5 Å². The Morgan fingerprint density at radius 2 is 1.60 bits per heavy atom. The van der Waals surface area contributed by atoms with Crippen LogP contribution in [-0.4, -0.2) is 53.1 Å². The van der Waals surface area contributed by atoms with Gasteiger partial charge < -0.3 is 9.80 Å². The predicted molar refractivity (Wildman–Crippen MR) is 61.9 cm³/mol. The van der Waals surface area contributed by atoms with Gasteiger partial charge in [0.25, 0.3) is 0 Å². The van der Waals surface area contributed by atoms with Gasteiger partial charge in [0.05, 0.1) is 5.33 Å². The van der Waals surface area contributed by atoms with Crippen molar-refractivity contribution in [1.82, 2.24) is 9.80 Å². The molecule has 0 bridgehead atoms. The van der Waals surface area contributed by atoms with Crippen LogP contribution in [0.1, 0.15) is 19.8 Å².